The third kappa shape index (κ3) is 2.32. The summed E-state index contributed by atoms with van der Waals surface area (Å²) in [5.41, 5.74) is 0.958. The molecule has 0 aliphatic carbocycles. The van der Waals surface area contributed by atoms with Crippen molar-refractivity contribution in [3.63, 3.8) is 0 Å². The zero-order valence-corrected chi connectivity index (χ0v) is 13.1. The molecule has 0 bridgehead atoms. The maximum Gasteiger partial charge on any atom is 0.261 e. The second kappa shape index (κ2) is 5.39. The van der Waals surface area contributed by atoms with E-state index >= 15 is 0 Å². The summed E-state index contributed by atoms with van der Waals surface area (Å²) < 4.78 is 5.32. The van der Waals surface area contributed by atoms with Gasteiger partial charge in [0.25, 0.3) is 17.7 Å². The molecule has 118 valence electrons. The molecule has 1 aromatic heterocycles. The molecule has 1 unspecified atom stereocenters. The maximum absolute atomic E-state index is 12.6. The highest BCUT2D eigenvalue weighted by atomic mass is 16.3. The number of imide groups is 1. The van der Waals surface area contributed by atoms with E-state index in [9.17, 15) is 14.4 Å². The summed E-state index contributed by atoms with van der Waals surface area (Å²) >= 11 is 0. The van der Waals surface area contributed by atoms with E-state index in [1.54, 1.807) is 31.5 Å². The van der Waals surface area contributed by atoms with Crippen LogP contribution in [0.25, 0.3) is 0 Å². The van der Waals surface area contributed by atoms with Gasteiger partial charge in [0.1, 0.15) is 5.76 Å². The number of benzene rings is 1. The molecule has 23 heavy (non-hydrogen) atoms. The molecule has 3 amide bonds. The van der Waals surface area contributed by atoms with Gasteiger partial charge in [-0.15, -0.1) is 0 Å². The summed E-state index contributed by atoms with van der Waals surface area (Å²) in [6.45, 7) is 1.85. The van der Waals surface area contributed by atoms with E-state index in [1.807, 2.05) is 6.92 Å². The summed E-state index contributed by atoms with van der Waals surface area (Å²) in [6, 6.07) is 7.89. The van der Waals surface area contributed by atoms with Crippen molar-refractivity contribution in [3.8, 4) is 0 Å². The fourth-order valence-corrected chi connectivity index (χ4v) is 2.59. The average Bonchev–Trinajstić information content (AvgIpc) is 3.17. The number of amides is 3. The first-order valence-electron chi connectivity index (χ1n) is 7.19. The van der Waals surface area contributed by atoms with Gasteiger partial charge >= 0.3 is 0 Å². The van der Waals surface area contributed by atoms with Crippen LogP contribution in [0.5, 0.6) is 0 Å². The zero-order valence-electron chi connectivity index (χ0n) is 13.1. The molecule has 0 fully saturated rings. The standard InChI is InChI=1S/C17H16N2O4/c1-10(14-5-4-8-23-14)18(2)15(20)11-6-7-12-13(9-11)17(22)19(3)16(12)21/h4-10H,1-3H3. The summed E-state index contributed by atoms with van der Waals surface area (Å²) in [5.74, 6) is -0.304. The first kappa shape index (κ1) is 15.0. The molecule has 0 N–H and O–H groups in total. The van der Waals surface area contributed by atoms with Gasteiger partial charge in [-0.2, -0.15) is 0 Å². The van der Waals surface area contributed by atoms with Crippen molar-refractivity contribution in [3.05, 3.63) is 59.0 Å². The second-order valence-electron chi connectivity index (χ2n) is 5.54. The number of nitrogens with zero attached hydrogens (tertiary/aromatic N) is 2. The van der Waals surface area contributed by atoms with Crippen LogP contribution >= 0.6 is 0 Å². The molecule has 0 saturated heterocycles. The van der Waals surface area contributed by atoms with Crippen LogP contribution in [0.1, 0.15) is 49.8 Å². The number of fused-ring (bicyclic) bond motifs is 1. The van der Waals surface area contributed by atoms with Gasteiger partial charge in [-0.05, 0) is 37.3 Å². The molecular weight excluding hydrogens is 296 g/mol. The van der Waals surface area contributed by atoms with Crippen molar-refractivity contribution in [2.75, 3.05) is 14.1 Å². The predicted octanol–water partition coefficient (Wildman–Crippen LogP) is 2.34. The number of furan rings is 1. The Kier molecular flexibility index (Phi) is 3.52. The van der Waals surface area contributed by atoms with Gasteiger partial charge in [0.05, 0.1) is 23.4 Å². The molecule has 0 spiro atoms. The van der Waals surface area contributed by atoms with Crippen molar-refractivity contribution in [2.45, 2.75) is 13.0 Å². The molecule has 6 nitrogen and oxygen atoms in total. The molecule has 1 aromatic carbocycles. The Morgan fingerprint density at radius 3 is 2.52 bits per heavy atom. The molecule has 3 rings (SSSR count). The van der Waals surface area contributed by atoms with Gasteiger partial charge in [-0.3, -0.25) is 19.3 Å². The van der Waals surface area contributed by atoms with E-state index < -0.39 is 0 Å². The van der Waals surface area contributed by atoms with Gasteiger partial charge in [0.15, 0.2) is 0 Å². The lowest BCUT2D eigenvalue weighted by Gasteiger charge is -2.23. The fraction of sp³-hybridized carbons (Fsp3) is 0.235. The van der Waals surface area contributed by atoms with E-state index in [2.05, 4.69) is 0 Å². The first-order valence-corrected chi connectivity index (χ1v) is 7.19. The van der Waals surface area contributed by atoms with Gasteiger partial charge in [-0.25, -0.2) is 0 Å². The fourth-order valence-electron chi connectivity index (χ4n) is 2.59. The van der Waals surface area contributed by atoms with Crippen molar-refractivity contribution >= 4 is 17.7 Å². The molecule has 2 aromatic rings. The van der Waals surface area contributed by atoms with Crippen LogP contribution < -0.4 is 0 Å². The first-order chi connectivity index (χ1) is 10.9. The van der Waals surface area contributed by atoms with Crippen LogP contribution in [-0.4, -0.2) is 41.6 Å². The number of carbonyl (C=O) groups excluding carboxylic acids is 3. The van der Waals surface area contributed by atoms with Gasteiger partial charge in [-0.1, -0.05) is 0 Å². The Labute approximate surface area is 133 Å². The van der Waals surface area contributed by atoms with Crippen molar-refractivity contribution in [1.82, 2.24) is 9.80 Å². The monoisotopic (exact) mass is 312 g/mol. The summed E-state index contributed by atoms with van der Waals surface area (Å²) in [6.07, 6.45) is 1.56. The lowest BCUT2D eigenvalue weighted by molar-refractivity contribution is 0.0691. The molecule has 2 heterocycles. The van der Waals surface area contributed by atoms with E-state index in [-0.39, 0.29) is 29.3 Å². The summed E-state index contributed by atoms with van der Waals surface area (Å²) in [5, 5.41) is 0. The third-order valence-electron chi connectivity index (χ3n) is 4.19. The predicted molar refractivity (Wildman–Crippen MR) is 82.1 cm³/mol. The Bertz CT molecular complexity index is 795. The molecule has 0 radical (unpaired) electrons. The van der Waals surface area contributed by atoms with Crippen LogP contribution in [0.3, 0.4) is 0 Å². The van der Waals surface area contributed by atoms with Crippen LogP contribution in [0, 0.1) is 0 Å². The average molecular weight is 312 g/mol. The van der Waals surface area contributed by atoms with Crippen LogP contribution in [0.15, 0.2) is 41.0 Å². The Hall–Kier alpha value is -2.89. The molecular formula is C17H16N2O4. The van der Waals surface area contributed by atoms with E-state index in [1.165, 1.54) is 24.1 Å². The number of rotatable bonds is 3. The number of hydrogen-bond acceptors (Lipinski definition) is 4. The minimum atomic E-state index is -0.388. The molecule has 1 aliphatic heterocycles. The van der Waals surface area contributed by atoms with Gasteiger partial charge < -0.3 is 9.32 Å². The minimum Gasteiger partial charge on any atom is -0.467 e. The minimum absolute atomic E-state index is 0.244. The molecule has 1 aliphatic rings. The highest BCUT2D eigenvalue weighted by Crippen LogP contribution is 2.25. The quantitative estimate of drug-likeness (QED) is 0.816. The number of hydrogen-bond donors (Lipinski definition) is 0. The summed E-state index contributed by atoms with van der Waals surface area (Å²) in [4.78, 5) is 39.1. The SMILES string of the molecule is CC(c1ccco1)N(C)C(=O)c1ccc2c(c1)C(=O)N(C)C2=O. The Balaban J connectivity index is 1.90. The van der Waals surface area contributed by atoms with Gasteiger partial charge in [0.2, 0.25) is 0 Å². The van der Waals surface area contributed by atoms with E-state index in [4.69, 9.17) is 4.42 Å². The smallest absolute Gasteiger partial charge is 0.261 e. The second-order valence-corrected chi connectivity index (χ2v) is 5.54. The molecule has 6 heteroatoms. The lowest BCUT2D eigenvalue weighted by atomic mass is 10.0. The summed E-state index contributed by atoms with van der Waals surface area (Å²) in [7, 11) is 3.10. The lowest BCUT2D eigenvalue weighted by Crippen LogP contribution is -2.29. The molecule has 1 atom stereocenters. The molecule has 0 saturated carbocycles. The third-order valence-corrected chi connectivity index (χ3v) is 4.19. The van der Waals surface area contributed by atoms with Crippen molar-refractivity contribution in [2.24, 2.45) is 0 Å². The Morgan fingerprint density at radius 1 is 1.17 bits per heavy atom. The highest BCUT2D eigenvalue weighted by Gasteiger charge is 2.33. The Morgan fingerprint density at radius 2 is 1.87 bits per heavy atom. The van der Waals surface area contributed by atoms with E-state index in [0.717, 1.165) is 4.90 Å². The topological polar surface area (TPSA) is 70.8 Å². The van der Waals surface area contributed by atoms with Crippen LogP contribution in [-0.2, 0) is 0 Å². The highest BCUT2D eigenvalue weighted by molar-refractivity contribution is 6.21. The van der Waals surface area contributed by atoms with Crippen molar-refractivity contribution < 1.29 is 18.8 Å². The van der Waals surface area contributed by atoms with Gasteiger partial charge in [0, 0.05) is 19.7 Å². The normalized spacial score (nSPS) is 14.8. The largest absolute Gasteiger partial charge is 0.467 e. The van der Waals surface area contributed by atoms with Crippen LogP contribution in [0.2, 0.25) is 0 Å². The van der Waals surface area contributed by atoms with E-state index in [0.29, 0.717) is 16.9 Å². The maximum atomic E-state index is 12.6. The number of carbonyl (C=O) groups is 3. The van der Waals surface area contributed by atoms with Crippen LogP contribution in [0.4, 0.5) is 0 Å². The van der Waals surface area contributed by atoms with Crippen molar-refractivity contribution in [1.29, 1.82) is 0 Å². The zero-order chi connectivity index (χ0) is 16.7.